The summed E-state index contributed by atoms with van der Waals surface area (Å²) in [5.41, 5.74) is 10.9. The normalized spacial score (nSPS) is 19.8. The van der Waals surface area contributed by atoms with E-state index in [1.807, 2.05) is 18.2 Å². The Morgan fingerprint density at radius 2 is 1.51 bits per heavy atom. The van der Waals surface area contributed by atoms with Crippen molar-refractivity contribution in [3.63, 3.8) is 0 Å². The molecule has 5 aromatic rings. The Balaban J connectivity index is 1.01. The first kappa shape index (κ1) is 33.3. The van der Waals surface area contributed by atoms with Crippen molar-refractivity contribution in [2.24, 2.45) is 0 Å². The van der Waals surface area contributed by atoms with E-state index >= 15 is 0 Å². The predicted molar refractivity (Wildman–Crippen MR) is 201 cm³/mol. The zero-order valence-electron chi connectivity index (χ0n) is 28.6. The minimum absolute atomic E-state index is 0.0780. The maximum atomic E-state index is 13.3. The molecule has 2 fully saturated rings. The number of hydrogen-bond donors (Lipinski definition) is 4. The lowest BCUT2D eigenvalue weighted by molar-refractivity contribution is -0.120. The fourth-order valence-electron chi connectivity index (χ4n) is 7.93. The SMILES string of the molecule is Cc1c(-c2ccn3c(=O)c(CNC[C@H]4CCC(=O)N4)cnc3c2)cccc1-c1cccc(-c2ccc3c(c2)CC[C@H]3NC[C@H]2CCC(=O)N2)c1Cl. The van der Waals surface area contributed by atoms with Crippen LogP contribution in [0.2, 0.25) is 5.02 Å². The van der Waals surface area contributed by atoms with Crippen LogP contribution in [0.15, 0.2) is 83.9 Å². The second kappa shape index (κ2) is 14.1. The molecule has 2 amide bonds. The molecule has 10 heteroatoms. The largest absolute Gasteiger partial charge is 0.352 e. The number of nitrogens with one attached hydrogen (secondary N) is 4. The van der Waals surface area contributed by atoms with E-state index in [1.54, 1.807) is 16.8 Å². The van der Waals surface area contributed by atoms with Gasteiger partial charge in [-0.3, -0.25) is 18.8 Å². The predicted octanol–water partition coefficient (Wildman–Crippen LogP) is 5.88. The fourth-order valence-corrected chi connectivity index (χ4v) is 8.27. The Bertz CT molecular complexity index is 2230. The summed E-state index contributed by atoms with van der Waals surface area (Å²) in [7, 11) is 0. The number of aryl methyl sites for hydroxylation is 1. The van der Waals surface area contributed by atoms with Crippen LogP contribution in [0.1, 0.15) is 60.4 Å². The third-order valence-electron chi connectivity index (χ3n) is 10.7. The van der Waals surface area contributed by atoms with Crippen LogP contribution in [-0.4, -0.2) is 46.4 Å². The Morgan fingerprint density at radius 1 is 0.804 bits per heavy atom. The van der Waals surface area contributed by atoms with Crippen LogP contribution in [0.25, 0.3) is 39.0 Å². The number of hydrogen-bond acceptors (Lipinski definition) is 6. The summed E-state index contributed by atoms with van der Waals surface area (Å²) in [6, 6.07) is 23.7. The quantitative estimate of drug-likeness (QED) is 0.145. The molecular formula is C41H41ClN6O3. The van der Waals surface area contributed by atoms with Crippen molar-refractivity contribution in [3.8, 4) is 33.4 Å². The van der Waals surface area contributed by atoms with Gasteiger partial charge in [0.1, 0.15) is 5.65 Å². The Hall–Kier alpha value is -4.83. The topological polar surface area (TPSA) is 117 Å². The molecule has 0 radical (unpaired) electrons. The number of pyridine rings is 1. The first-order valence-corrected chi connectivity index (χ1v) is 18.3. The summed E-state index contributed by atoms with van der Waals surface area (Å²) in [6.07, 6.45) is 8.35. The van der Waals surface area contributed by atoms with Gasteiger partial charge in [0.25, 0.3) is 5.56 Å². The molecule has 0 bridgehead atoms. The molecule has 8 rings (SSSR count). The van der Waals surface area contributed by atoms with E-state index in [4.69, 9.17) is 11.6 Å². The highest BCUT2D eigenvalue weighted by atomic mass is 35.5. The number of rotatable bonds is 10. The van der Waals surface area contributed by atoms with Crippen LogP contribution in [-0.2, 0) is 22.6 Å². The highest BCUT2D eigenvalue weighted by Crippen LogP contribution is 2.41. The van der Waals surface area contributed by atoms with E-state index in [-0.39, 0.29) is 29.5 Å². The second-order valence-corrected chi connectivity index (χ2v) is 14.4. The minimum Gasteiger partial charge on any atom is -0.352 e. The molecule has 1 aliphatic carbocycles. The molecule has 3 aromatic carbocycles. The summed E-state index contributed by atoms with van der Waals surface area (Å²) in [6.45, 7) is 3.90. The molecule has 260 valence electrons. The summed E-state index contributed by atoms with van der Waals surface area (Å²) in [5, 5.41) is 13.7. The van der Waals surface area contributed by atoms with Crippen molar-refractivity contribution >= 4 is 29.1 Å². The molecule has 4 N–H and O–H groups in total. The summed E-state index contributed by atoms with van der Waals surface area (Å²) in [4.78, 5) is 41.0. The van der Waals surface area contributed by atoms with Gasteiger partial charge in [-0.15, -0.1) is 0 Å². The molecule has 3 aliphatic rings. The van der Waals surface area contributed by atoms with Gasteiger partial charge >= 0.3 is 0 Å². The van der Waals surface area contributed by atoms with Crippen LogP contribution < -0.4 is 26.8 Å². The Morgan fingerprint density at radius 3 is 2.27 bits per heavy atom. The van der Waals surface area contributed by atoms with Gasteiger partial charge in [0, 0.05) is 79.7 Å². The average Bonchev–Trinajstić information content (AvgIpc) is 3.87. The number of benzene rings is 3. The summed E-state index contributed by atoms with van der Waals surface area (Å²) in [5.74, 6) is 0.227. The molecule has 2 aromatic heterocycles. The number of carbonyl (C=O) groups excluding carboxylic acids is 2. The van der Waals surface area contributed by atoms with Crippen LogP contribution in [0.4, 0.5) is 0 Å². The van der Waals surface area contributed by atoms with Crippen molar-refractivity contribution in [3.05, 3.63) is 117 Å². The van der Waals surface area contributed by atoms with Crippen molar-refractivity contribution in [2.75, 3.05) is 13.1 Å². The third kappa shape index (κ3) is 6.69. The molecule has 51 heavy (non-hydrogen) atoms. The van der Waals surface area contributed by atoms with E-state index in [2.05, 4.69) is 81.7 Å². The van der Waals surface area contributed by atoms with Gasteiger partial charge in [-0.25, -0.2) is 4.98 Å². The number of nitrogens with zero attached hydrogens (tertiary/aromatic N) is 2. The second-order valence-electron chi connectivity index (χ2n) is 14.0. The third-order valence-corrected chi connectivity index (χ3v) is 11.1. The minimum atomic E-state index is -0.110. The summed E-state index contributed by atoms with van der Waals surface area (Å²) < 4.78 is 1.58. The lowest BCUT2D eigenvalue weighted by Crippen LogP contribution is -2.36. The number of halogens is 1. The van der Waals surface area contributed by atoms with Crippen LogP contribution in [0.3, 0.4) is 0 Å². The van der Waals surface area contributed by atoms with Crippen molar-refractivity contribution in [2.45, 2.75) is 70.1 Å². The van der Waals surface area contributed by atoms with Gasteiger partial charge in [-0.1, -0.05) is 66.2 Å². The Kier molecular flexibility index (Phi) is 9.19. The van der Waals surface area contributed by atoms with E-state index in [0.717, 1.165) is 71.2 Å². The van der Waals surface area contributed by atoms with E-state index < -0.39 is 0 Å². The van der Waals surface area contributed by atoms with E-state index in [0.29, 0.717) is 48.2 Å². The average molecular weight is 701 g/mol. The van der Waals surface area contributed by atoms with Crippen LogP contribution in [0, 0.1) is 6.92 Å². The first-order chi connectivity index (χ1) is 24.8. The molecule has 0 saturated carbocycles. The standard InChI is InChI=1S/C41H41ClN6O3/c1-24-31(27-16-17-48-37(19-27)45-21-28(41(48)51)20-43-22-29-10-14-38(49)46-29)4-2-5-32(24)35-7-3-6-34(40(35)42)26-8-12-33-25(18-26)9-13-36(33)44-23-30-11-15-39(50)47-30/h2-8,12,16-19,21,29-30,36,43-44H,9-11,13-15,20,22-23H2,1H3,(H,46,49)(H,47,50)/t29-,30-,36-/m1/s1. The van der Waals surface area contributed by atoms with E-state index in [9.17, 15) is 14.4 Å². The fraction of sp³-hybridized carbons (Fsp3) is 0.317. The molecule has 2 saturated heterocycles. The number of amides is 2. The van der Waals surface area contributed by atoms with Crippen molar-refractivity contribution < 1.29 is 9.59 Å². The van der Waals surface area contributed by atoms with Gasteiger partial charge in [-0.2, -0.15) is 0 Å². The van der Waals surface area contributed by atoms with Crippen LogP contribution in [0.5, 0.6) is 0 Å². The molecule has 9 nitrogen and oxygen atoms in total. The molecule has 0 unspecified atom stereocenters. The maximum absolute atomic E-state index is 13.3. The van der Waals surface area contributed by atoms with Crippen LogP contribution >= 0.6 is 11.6 Å². The van der Waals surface area contributed by atoms with Gasteiger partial charge in [0.05, 0.1) is 5.02 Å². The number of fused-ring (bicyclic) bond motifs is 2. The smallest absolute Gasteiger partial charge is 0.262 e. The monoisotopic (exact) mass is 700 g/mol. The Labute approximate surface area is 301 Å². The first-order valence-electron chi connectivity index (χ1n) is 17.9. The number of aromatic nitrogens is 2. The van der Waals surface area contributed by atoms with Gasteiger partial charge in [0.2, 0.25) is 11.8 Å². The molecule has 4 heterocycles. The van der Waals surface area contributed by atoms with Gasteiger partial charge < -0.3 is 21.3 Å². The maximum Gasteiger partial charge on any atom is 0.262 e. The molecule has 3 atom stereocenters. The lowest BCUT2D eigenvalue weighted by Gasteiger charge is -2.18. The highest BCUT2D eigenvalue weighted by molar-refractivity contribution is 6.36. The molecular weight excluding hydrogens is 660 g/mol. The van der Waals surface area contributed by atoms with Gasteiger partial charge in [-0.05, 0) is 83.7 Å². The van der Waals surface area contributed by atoms with Crippen molar-refractivity contribution in [1.82, 2.24) is 30.7 Å². The lowest BCUT2D eigenvalue weighted by atomic mass is 9.91. The molecule has 2 aliphatic heterocycles. The zero-order valence-corrected chi connectivity index (χ0v) is 29.4. The number of carbonyl (C=O) groups is 2. The highest BCUT2D eigenvalue weighted by Gasteiger charge is 2.26. The van der Waals surface area contributed by atoms with Crippen molar-refractivity contribution in [1.29, 1.82) is 0 Å². The van der Waals surface area contributed by atoms with E-state index in [1.165, 1.54) is 11.1 Å². The zero-order chi connectivity index (χ0) is 35.1. The molecule has 0 spiro atoms. The summed E-state index contributed by atoms with van der Waals surface area (Å²) >= 11 is 7.23. The van der Waals surface area contributed by atoms with Gasteiger partial charge in [0.15, 0.2) is 0 Å².